The normalized spacial score (nSPS) is 23.5. The zero-order chi connectivity index (χ0) is 14.2. The maximum Gasteiger partial charge on any atom is 0.231 e. The van der Waals surface area contributed by atoms with E-state index in [1.165, 1.54) is 16.7 Å². The highest BCUT2D eigenvalue weighted by molar-refractivity contribution is 5.46. The molecule has 1 fully saturated rings. The lowest BCUT2D eigenvalue weighted by Crippen LogP contribution is -2.13. The molecule has 2 atom stereocenters. The molecule has 2 aliphatic heterocycles. The predicted molar refractivity (Wildman–Crippen MR) is 81.8 cm³/mol. The Hall–Kier alpha value is -2.00. The summed E-state index contributed by atoms with van der Waals surface area (Å²) < 4.78 is 10.9. The maximum atomic E-state index is 5.48. The molecular weight excluding hydrogens is 262 g/mol. The average molecular weight is 281 g/mol. The fourth-order valence-electron chi connectivity index (χ4n) is 3.21. The largest absolute Gasteiger partial charge is 0.454 e. The van der Waals surface area contributed by atoms with E-state index in [0.29, 0.717) is 18.8 Å². The standard InChI is InChI=1S/C18H19NO2/c1-12-2-4-13(5-3-12)16-8-15(10-19-16)14-6-7-17-18(9-14)21-11-20-17/h2-7,9,15-16,19H,8,10-11H2,1H3. The number of nitrogens with one attached hydrogen (secondary N) is 1. The number of hydrogen-bond acceptors (Lipinski definition) is 3. The predicted octanol–water partition coefficient (Wildman–Crippen LogP) is 3.54. The number of aryl methyl sites for hydroxylation is 1. The van der Waals surface area contributed by atoms with Crippen molar-refractivity contribution in [3.8, 4) is 11.5 Å². The summed E-state index contributed by atoms with van der Waals surface area (Å²) in [6.07, 6.45) is 1.13. The van der Waals surface area contributed by atoms with Gasteiger partial charge in [-0.2, -0.15) is 0 Å². The van der Waals surface area contributed by atoms with Gasteiger partial charge in [0.1, 0.15) is 0 Å². The van der Waals surface area contributed by atoms with Crippen molar-refractivity contribution in [2.45, 2.75) is 25.3 Å². The summed E-state index contributed by atoms with van der Waals surface area (Å²) in [6.45, 7) is 3.48. The molecule has 2 unspecified atom stereocenters. The van der Waals surface area contributed by atoms with Gasteiger partial charge >= 0.3 is 0 Å². The summed E-state index contributed by atoms with van der Waals surface area (Å²) >= 11 is 0. The molecule has 4 rings (SSSR count). The van der Waals surface area contributed by atoms with Crippen LogP contribution in [0.3, 0.4) is 0 Å². The van der Waals surface area contributed by atoms with Gasteiger partial charge in [-0.25, -0.2) is 0 Å². The average Bonchev–Trinajstić information content (AvgIpc) is 3.16. The quantitative estimate of drug-likeness (QED) is 0.913. The second kappa shape index (κ2) is 5.08. The lowest BCUT2D eigenvalue weighted by molar-refractivity contribution is 0.174. The van der Waals surface area contributed by atoms with Crippen molar-refractivity contribution in [3.63, 3.8) is 0 Å². The van der Waals surface area contributed by atoms with E-state index >= 15 is 0 Å². The Morgan fingerprint density at radius 1 is 0.952 bits per heavy atom. The summed E-state index contributed by atoms with van der Waals surface area (Å²) in [4.78, 5) is 0. The van der Waals surface area contributed by atoms with Gasteiger partial charge < -0.3 is 14.8 Å². The third-order valence-electron chi connectivity index (χ3n) is 4.48. The third-order valence-corrected chi connectivity index (χ3v) is 4.48. The number of fused-ring (bicyclic) bond motifs is 1. The Morgan fingerprint density at radius 3 is 2.57 bits per heavy atom. The molecule has 3 nitrogen and oxygen atoms in total. The molecule has 2 heterocycles. The van der Waals surface area contributed by atoms with Crippen molar-refractivity contribution in [1.82, 2.24) is 5.32 Å². The summed E-state index contributed by atoms with van der Waals surface area (Å²) in [7, 11) is 0. The van der Waals surface area contributed by atoms with Gasteiger partial charge in [-0.05, 0) is 42.5 Å². The van der Waals surface area contributed by atoms with Crippen LogP contribution in [0.1, 0.15) is 35.1 Å². The summed E-state index contributed by atoms with van der Waals surface area (Å²) in [6, 6.07) is 15.6. The molecule has 108 valence electrons. The van der Waals surface area contributed by atoms with Crippen LogP contribution in [0.5, 0.6) is 11.5 Å². The van der Waals surface area contributed by atoms with Gasteiger partial charge in [0.15, 0.2) is 11.5 Å². The van der Waals surface area contributed by atoms with Crippen molar-refractivity contribution in [1.29, 1.82) is 0 Å². The molecule has 1 saturated heterocycles. The van der Waals surface area contributed by atoms with E-state index in [4.69, 9.17) is 9.47 Å². The second-order valence-corrected chi connectivity index (χ2v) is 5.92. The van der Waals surface area contributed by atoms with Gasteiger partial charge in [0, 0.05) is 12.6 Å². The van der Waals surface area contributed by atoms with Crippen LogP contribution in [0, 0.1) is 6.92 Å². The molecule has 0 bridgehead atoms. The van der Waals surface area contributed by atoms with Crippen molar-refractivity contribution in [3.05, 3.63) is 59.2 Å². The van der Waals surface area contributed by atoms with E-state index in [-0.39, 0.29) is 0 Å². The minimum Gasteiger partial charge on any atom is -0.454 e. The zero-order valence-electron chi connectivity index (χ0n) is 12.1. The molecule has 0 saturated carbocycles. The first kappa shape index (κ1) is 12.7. The Morgan fingerprint density at radius 2 is 1.71 bits per heavy atom. The Bertz CT molecular complexity index is 651. The molecule has 0 aliphatic carbocycles. The number of rotatable bonds is 2. The van der Waals surface area contributed by atoms with Crippen LogP contribution in [0.15, 0.2) is 42.5 Å². The monoisotopic (exact) mass is 281 g/mol. The zero-order valence-corrected chi connectivity index (χ0v) is 12.1. The topological polar surface area (TPSA) is 30.5 Å². The molecule has 0 aromatic heterocycles. The minimum absolute atomic E-state index is 0.341. The molecule has 0 amide bonds. The number of benzene rings is 2. The van der Waals surface area contributed by atoms with Crippen molar-refractivity contribution >= 4 is 0 Å². The van der Waals surface area contributed by atoms with E-state index in [1.807, 2.05) is 6.07 Å². The first-order valence-electron chi connectivity index (χ1n) is 7.49. The molecular formula is C18H19NO2. The Kier molecular flexibility index (Phi) is 3.08. The lowest BCUT2D eigenvalue weighted by Gasteiger charge is -2.12. The van der Waals surface area contributed by atoms with Crippen LogP contribution in [0.4, 0.5) is 0 Å². The van der Waals surface area contributed by atoms with Gasteiger partial charge in [-0.3, -0.25) is 0 Å². The van der Waals surface area contributed by atoms with Crippen LogP contribution in [0.25, 0.3) is 0 Å². The molecule has 2 aromatic rings. The SMILES string of the molecule is Cc1ccc(C2CC(c3ccc4c(c3)OCO4)CN2)cc1. The molecule has 0 spiro atoms. The van der Waals surface area contributed by atoms with Gasteiger partial charge in [0.2, 0.25) is 6.79 Å². The highest BCUT2D eigenvalue weighted by Crippen LogP contribution is 2.39. The van der Waals surface area contributed by atoms with Crippen LogP contribution >= 0.6 is 0 Å². The Labute approximate surface area is 124 Å². The first-order valence-corrected chi connectivity index (χ1v) is 7.49. The van der Waals surface area contributed by atoms with Gasteiger partial charge in [0.25, 0.3) is 0 Å². The minimum atomic E-state index is 0.341. The molecule has 2 aliphatic rings. The number of ether oxygens (including phenoxy) is 2. The van der Waals surface area contributed by atoms with Crippen LogP contribution in [0.2, 0.25) is 0 Å². The molecule has 0 radical (unpaired) electrons. The highest BCUT2D eigenvalue weighted by Gasteiger charge is 2.27. The smallest absolute Gasteiger partial charge is 0.231 e. The van der Waals surface area contributed by atoms with Crippen LogP contribution in [-0.2, 0) is 0 Å². The fraction of sp³-hybridized carbons (Fsp3) is 0.333. The molecule has 21 heavy (non-hydrogen) atoms. The summed E-state index contributed by atoms with van der Waals surface area (Å²) in [5.74, 6) is 2.27. The number of hydrogen-bond donors (Lipinski definition) is 1. The van der Waals surface area contributed by atoms with Crippen molar-refractivity contribution in [2.75, 3.05) is 13.3 Å². The molecule has 2 aromatic carbocycles. The molecule has 3 heteroatoms. The Balaban J connectivity index is 1.52. The van der Waals surface area contributed by atoms with Crippen LogP contribution < -0.4 is 14.8 Å². The van der Waals surface area contributed by atoms with E-state index in [1.54, 1.807) is 0 Å². The van der Waals surface area contributed by atoms with E-state index in [2.05, 4.69) is 48.6 Å². The molecule has 1 N–H and O–H groups in total. The lowest BCUT2D eigenvalue weighted by atomic mass is 9.93. The maximum absolute atomic E-state index is 5.48. The first-order chi connectivity index (χ1) is 10.3. The summed E-state index contributed by atoms with van der Waals surface area (Å²) in [5.41, 5.74) is 4.02. The second-order valence-electron chi connectivity index (χ2n) is 5.92. The van der Waals surface area contributed by atoms with Crippen LogP contribution in [-0.4, -0.2) is 13.3 Å². The van der Waals surface area contributed by atoms with Crippen molar-refractivity contribution in [2.24, 2.45) is 0 Å². The van der Waals surface area contributed by atoms with Gasteiger partial charge in [-0.15, -0.1) is 0 Å². The van der Waals surface area contributed by atoms with Gasteiger partial charge in [0.05, 0.1) is 0 Å². The van der Waals surface area contributed by atoms with Crippen molar-refractivity contribution < 1.29 is 9.47 Å². The highest BCUT2D eigenvalue weighted by atomic mass is 16.7. The third kappa shape index (κ3) is 2.38. The summed E-state index contributed by atoms with van der Waals surface area (Å²) in [5, 5.41) is 3.64. The fourth-order valence-corrected chi connectivity index (χ4v) is 3.21. The van der Waals surface area contributed by atoms with Gasteiger partial charge in [-0.1, -0.05) is 35.9 Å². The van der Waals surface area contributed by atoms with E-state index < -0.39 is 0 Å². The van der Waals surface area contributed by atoms with E-state index in [9.17, 15) is 0 Å². The van der Waals surface area contributed by atoms with E-state index in [0.717, 1.165) is 24.5 Å².